The van der Waals surface area contributed by atoms with E-state index < -0.39 is 40.3 Å². The van der Waals surface area contributed by atoms with Crippen LogP contribution in [0.2, 0.25) is 5.02 Å². The molecule has 0 radical (unpaired) electrons. The van der Waals surface area contributed by atoms with Crippen molar-refractivity contribution in [3.8, 4) is 41.1 Å². The fraction of sp³-hybridized carbons (Fsp3) is 0.333. The molecular weight excluding hydrogens is 618 g/mol. The number of nitrogens with one attached hydrogen (secondary N) is 1. The van der Waals surface area contributed by atoms with E-state index in [2.05, 4.69) is 11.2 Å². The molecule has 1 aromatic heterocycles. The Kier molecular flexibility index (Phi) is 7.40. The van der Waals surface area contributed by atoms with Crippen molar-refractivity contribution in [3.05, 3.63) is 78.1 Å². The van der Waals surface area contributed by atoms with Crippen molar-refractivity contribution in [2.75, 3.05) is 33.3 Å². The van der Waals surface area contributed by atoms with Gasteiger partial charge in [-0.25, -0.2) is 4.79 Å². The lowest BCUT2D eigenvalue weighted by atomic mass is 9.66. The molecule has 3 heterocycles. The summed E-state index contributed by atoms with van der Waals surface area (Å²) in [6, 6.07) is 6.40. The fourth-order valence-electron chi connectivity index (χ4n) is 6.63. The first kappa shape index (κ1) is 30.9. The van der Waals surface area contributed by atoms with Gasteiger partial charge in [0.1, 0.15) is 34.5 Å². The molecule has 3 atom stereocenters. The van der Waals surface area contributed by atoms with Crippen LogP contribution in [-0.2, 0) is 18.9 Å². The van der Waals surface area contributed by atoms with Gasteiger partial charge in [0.2, 0.25) is 17.2 Å². The average Bonchev–Trinajstić information content (AvgIpc) is 3.38. The SMILES string of the molecule is C#CCOc1cc([C@H]2C3=C(C[C@@H](C)[C@]4(Oc5c(Cl)c(OC)cc(OC)c5C4=O)C3=O)Nc3c2c(=O)n(C)c(=O)n3C)ccc1OC. The summed E-state index contributed by atoms with van der Waals surface area (Å²) in [5.74, 6) is 0.532. The molecule has 0 bridgehead atoms. The van der Waals surface area contributed by atoms with Crippen molar-refractivity contribution in [2.45, 2.75) is 24.9 Å². The number of benzene rings is 2. The molecule has 2 aromatic carbocycles. The van der Waals surface area contributed by atoms with Gasteiger partial charge in [0, 0.05) is 43.3 Å². The Morgan fingerprint density at radius 2 is 1.70 bits per heavy atom. The van der Waals surface area contributed by atoms with Crippen molar-refractivity contribution < 1.29 is 33.3 Å². The van der Waals surface area contributed by atoms with E-state index in [-0.39, 0.29) is 63.6 Å². The van der Waals surface area contributed by atoms with Gasteiger partial charge < -0.3 is 29.0 Å². The van der Waals surface area contributed by atoms with Crippen LogP contribution in [0.1, 0.15) is 40.7 Å². The van der Waals surface area contributed by atoms with Crippen LogP contribution in [0.15, 0.2) is 45.1 Å². The van der Waals surface area contributed by atoms with E-state index in [9.17, 15) is 14.4 Å². The summed E-state index contributed by atoms with van der Waals surface area (Å²) in [7, 11) is 7.15. The van der Waals surface area contributed by atoms with Crippen LogP contribution >= 0.6 is 11.6 Å². The third kappa shape index (κ3) is 4.08. The number of hydrogen-bond donors (Lipinski definition) is 1. The first-order valence-electron chi connectivity index (χ1n) is 14.2. The van der Waals surface area contributed by atoms with Crippen LogP contribution < -0.4 is 40.3 Å². The second-order valence-electron chi connectivity index (χ2n) is 11.2. The summed E-state index contributed by atoms with van der Waals surface area (Å²) < 4.78 is 30.7. The molecule has 3 aliphatic rings. The van der Waals surface area contributed by atoms with E-state index >= 15 is 4.79 Å². The summed E-state index contributed by atoms with van der Waals surface area (Å²) in [5, 5.41) is 3.21. The summed E-state index contributed by atoms with van der Waals surface area (Å²) >= 11 is 6.62. The Morgan fingerprint density at radius 1 is 1.00 bits per heavy atom. The number of Topliss-reactive ketones (excluding diaryl/α,β-unsaturated/α-hetero) is 2. The second kappa shape index (κ2) is 11.0. The number of terminal acetylenes is 1. The lowest BCUT2D eigenvalue weighted by molar-refractivity contribution is -0.130. The number of carbonyl (C=O) groups is 2. The first-order valence-corrected chi connectivity index (χ1v) is 14.6. The minimum absolute atomic E-state index is 0.0151. The summed E-state index contributed by atoms with van der Waals surface area (Å²) in [5.41, 5.74) is -2.06. The minimum atomic E-state index is -2.04. The highest BCUT2D eigenvalue weighted by Gasteiger charge is 2.63. The van der Waals surface area contributed by atoms with Gasteiger partial charge in [-0.05, 0) is 24.1 Å². The highest BCUT2D eigenvalue weighted by molar-refractivity contribution is 6.36. The normalized spacial score (nSPS) is 21.1. The van der Waals surface area contributed by atoms with Crippen LogP contribution in [0.25, 0.3) is 0 Å². The Hall–Kier alpha value is -5.15. The van der Waals surface area contributed by atoms with Crippen molar-refractivity contribution in [2.24, 2.45) is 20.0 Å². The van der Waals surface area contributed by atoms with Gasteiger partial charge in [0.15, 0.2) is 17.2 Å². The molecule has 0 saturated carbocycles. The lowest BCUT2D eigenvalue weighted by Gasteiger charge is -2.42. The van der Waals surface area contributed by atoms with E-state index in [1.165, 1.54) is 46.1 Å². The molecule has 12 nitrogen and oxygen atoms in total. The minimum Gasteiger partial charge on any atom is -0.496 e. The predicted molar refractivity (Wildman–Crippen MR) is 168 cm³/mol. The molecule has 0 saturated heterocycles. The van der Waals surface area contributed by atoms with E-state index in [0.717, 1.165) is 4.57 Å². The standard InChI is InChI=1S/C33H30ClN3O9/c1-8-11-45-19-13-16(9-10-18(19)42-5)22-23-17(35-30-25(22)31(40)37(4)32(41)36(30)3)12-15(2)33(28(23)38)29(39)24-20(43-6)14-21(44-7)26(34)27(24)46-33/h1,9-10,13-15,22,35H,11-12H2,2-7H3/t15-,22+,33+/m1/s1. The zero-order chi connectivity index (χ0) is 33.2. The highest BCUT2D eigenvalue weighted by atomic mass is 35.5. The first-order chi connectivity index (χ1) is 22.0. The van der Waals surface area contributed by atoms with Crippen molar-refractivity contribution in [1.82, 2.24) is 9.13 Å². The molecule has 13 heteroatoms. The molecule has 0 fully saturated rings. The Morgan fingerprint density at radius 3 is 2.35 bits per heavy atom. The van der Waals surface area contributed by atoms with Gasteiger partial charge in [-0.2, -0.15) is 0 Å². The predicted octanol–water partition coefficient (Wildman–Crippen LogP) is 3.21. The van der Waals surface area contributed by atoms with Gasteiger partial charge in [0.25, 0.3) is 5.56 Å². The number of nitrogens with zero attached hydrogens (tertiary/aromatic N) is 2. The number of aromatic nitrogens is 2. The van der Waals surface area contributed by atoms with E-state index in [4.69, 9.17) is 41.7 Å². The summed E-state index contributed by atoms with van der Waals surface area (Å²) in [6.45, 7) is 1.65. The third-order valence-corrected chi connectivity index (χ3v) is 9.27. The quantitative estimate of drug-likeness (QED) is 0.314. The van der Waals surface area contributed by atoms with Crippen molar-refractivity contribution in [3.63, 3.8) is 0 Å². The van der Waals surface area contributed by atoms with Crippen LogP contribution in [0.4, 0.5) is 5.82 Å². The number of allylic oxidation sites excluding steroid dienone is 1. The average molecular weight is 648 g/mol. The van der Waals surface area contributed by atoms with Gasteiger partial charge in [-0.15, -0.1) is 6.42 Å². The number of halogens is 1. The van der Waals surface area contributed by atoms with E-state index in [1.54, 1.807) is 25.1 Å². The third-order valence-electron chi connectivity index (χ3n) is 8.91. The maximum atomic E-state index is 15.0. The number of methoxy groups -OCH3 is 3. The molecule has 1 aliphatic carbocycles. The Bertz CT molecular complexity index is 2050. The topological polar surface area (TPSA) is 136 Å². The van der Waals surface area contributed by atoms with Gasteiger partial charge in [0.05, 0.1) is 26.9 Å². The Balaban J connectivity index is 1.62. The van der Waals surface area contributed by atoms with Crippen LogP contribution in [0, 0.1) is 18.3 Å². The molecule has 1 N–H and O–H groups in total. The Labute approximate surface area is 268 Å². The van der Waals surface area contributed by atoms with Crippen LogP contribution in [0.3, 0.4) is 0 Å². The molecule has 0 unspecified atom stereocenters. The van der Waals surface area contributed by atoms with Gasteiger partial charge in [-0.1, -0.05) is 30.5 Å². The molecule has 1 spiro atoms. The lowest BCUT2D eigenvalue weighted by Crippen LogP contribution is -2.58. The maximum absolute atomic E-state index is 15.0. The zero-order valence-corrected chi connectivity index (χ0v) is 26.7. The number of fused-ring (bicyclic) bond motifs is 2. The number of rotatable bonds is 6. The molecule has 2 aliphatic heterocycles. The van der Waals surface area contributed by atoms with Gasteiger partial charge >= 0.3 is 5.69 Å². The van der Waals surface area contributed by atoms with E-state index in [0.29, 0.717) is 17.0 Å². The highest BCUT2D eigenvalue weighted by Crippen LogP contribution is 2.56. The molecule has 46 heavy (non-hydrogen) atoms. The zero-order valence-electron chi connectivity index (χ0n) is 25.9. The second-order valence-corrected chi connectivity index (χ2v) is 11.6. The molecule has 6 rings (SSSR count). The van der Waals surface area contributed by atoms with Crippen LogP contribution in [0.5, 0.6) is 28.7 Å². The molecule has 0 amide bonds. The van der Waals surface area contributed by atoms with Crippen molar-refractivity contribution >= 4 is 29.0 Å². The number of anilines is 1. The smallest absolute Gasteiger partial charge is 0.332 e. The molecule has 3 aromatic rings. The van der Waals surface area contributed by atoms with Gasteiger partial charge in [-0.3, -0.25) is 23.5 Å². The maximum Gasteiger partial charge on any atom is 0.332 e. The number of ketones is 2. The van der Waals surface area contributed by atoms with E-state index in [1.807, 2.05) is 0 Å². The number of ether oxygens (including phenoxy) is 5. The number of carbonyl (C=O) groups excluding carboxylic acids is 2. The molecule has 238 valence electrons. The fourth-order valence-corrected chi connectivity index (χ4v) is 6.89. The summed E-state index contributed by atoms with van der Waals surface area (Å²) in [4.78, 5) is 56.4. The number of hydrogen-bond acceptors (Lipinski definition) is 10. The molecular formula is C33H30ClN3O9. The largest absolute Gasteiger partial charge is 0.496 e. The van der Waals surface area contributed by atoms with Crippen LogP contribution in [-0.4, -0.2) is 54.2 Å². The monoisotopic (exact) mass is 647 g/mol. The summed E-state index contributed by atoms with van der Waals surface area (Å²) in [6.07, 6.45) is 5.58. The van der Waals surface area contributed by atoms with Crippen molar-refractivity contribution in [1.29, 1.82) is 0 Å².